The molecule has 0 aliphatic rings. The van der Waals surface area contributed by atoms with Crippen LogP contribution in [0.3, 0.4) is 0 Å². The number of nitrogens with two attached hydrogens (primary N) is 2. The molecule has 0 heterocycles. The zero-order valence-corrected chi connectivity index (χ0v) is 12.1. The Bertz CT molecular complexity index is 586. The summed E-state index contributed by atoms with van der Waals surface area (Å²) in [5.74, 6) is -0.245. The van der Waals surface area contributed by atoms with Crippen LogP contribution in [-0.4, -0.2) is 34.1 Å². The lowest BCUT2D eigenvalue weighted by Crippen LogP contribution is -2.29. The molecule has 4 N–H and O–H groups in total. The van der Waals surface area contributed by atoms with E-state index in [0.717, 1.165) is 0 Å². The third-order valence-electron chi connectivity index (χ3n) is 2.53. The first-order valence-corrected chi connectivity index (χ1v) is 7.37. The minimum absolute atomic E-state index is 0.0616. The van der Waals surface area contributed by atoms with Gasteiger partial charge in [0, 0.05) is 13.0 Å². The Kier molecular flexibility index (Phi) is 5.49. The summed E-state index contributed by atoms with van der Waals surface area (Å²) < 4.78 is 32.7. The van der Waals surface area contributed by atoms with Crippen molar-refractivity contribution in [1.29, 1.82) is 0 Å². The maximum Gasteiger partial charge on any atom is 0.302 e. The Labute approximate surface area is 117 Å². The van der Waals surface area contributed by atoms with Crippen LogP contribution in [0.5, 0.6) is 5.75 Å². The number of primary sulfonamides is 1. The Morgan fingerprint density at radius 2 is 2.05 bits per heavy atom. The van der Waals surface area contributed by atoms with Gasteiger partial charge in [0.2, 0.25) is 10.0 Å². The number of carbonyl (C=O) groups is 1. The third kappa shape index (κ3) is 4.80. The van der Waals surface area contributed by atoms with E-state index in [1.54, 1.807) is 6.07 Å². The van der Waals surface area contributed by atoms with Crippen molar-refractivity contribution < 1.29 is 22.7 Å². The Morgan fingerprint density at radius 3 is 2.55 bits per heavy atom. The molecule has 0 amide bonds. The van der Waals surface area contributed by atoms with Crippen molar-refractivity contribution in [2.45, 2.75) is 24.3 Å². The molecule has 0 aromatic heterocycles. The molecule has 1 aromatic carbocycles. The molecule has 0 radical (unpaired) electrons. The Balaban J connectivity index is 2.90. The number of esters is 1. The molecule has 20 heavy (non-hydrogen) atoms. The second-order valence-corrected chi connectivity index (χ2v) is 5.83. The minimum Gasteiger partial charge on any atom is -0.495 e. The van der Waals surface area contributed by atoms with Crippen molar-refractivity contribution >= 4 is 16.0 Å². The van der Waals surface area contributed by atoms with E-state index < -0.39 is 22.0 Å². The van der Waals surface area contributed by atoms with E-state index >= 15 is 0 Å². The molecule has 0 unspecified atom stereocenters. The summed E-state index contributed by atoms with van der Waals surface area (Å²) in [6.07, 6.45) is 0.347. The Morgan fingerprint density at radius 1 is 1.40 bits per heavy atom. The average Bonchev–Trinajstić information content (AvgIpc) is 2.35. The highest BCUT2D eigenvalue weighted by Gasteiger charge is 2.16. The predicted octanol–water partition coefficient (Wildman–Crippen LogP) is -0.224. The summed E-state index contributed by atoms with van der Waals surface area (Å²) in [4.78, 5) is 10.6. The lowest BCUT2D eigenvalue weighted by Gasteiger charge is -2.13. The monoisotopic (exact) mass is 302 g/mol. The number of sulfonamides is 1. The van der Waals surface area contributed by atoms with Crippen molar-refractivity contribution in [3.05, 3.63) is 23.8 Å². The van der Waals surface area contributed by atoms with Crippen LogP contribution in [0.1, 0.15) is 12.5 Å². The van der Waals surface area contributed by atoms with E-state index in [-0.39, 0.29) is 17.3 Å². The molecule has 1 atom stereocenters. The fourth-order valence-electron chi connectivity index (χ4n) is 1.66. The molecule has 1 rings (SSSR count). The first kappa shape index (κ1) is 16.4. The minimum atomic E-state index is -3.88. The summed E-state index contributed by atoms with van der Waals surface area (Å²) in [6, 6.07) is 4.16. The largest absolute Gasteiger partial charge is 0.495 e. The zero-order chi connectivity index (χ0) is 15.3. The third-order valence-corrected chi connectivity index (χ3v) is 3.47. The SMILES string of the molecule is COc1ccc(C[C@H](N)COC(C)=O)cc1S(N)(=O)=O. The predicted molar refractivity (Wildman–Crippen MR) is 72.7 cm³/mol. The molecule has 8 heteroatoms. The molecule has 1 aromatic rings. The van der Waals surface area contributed by atoms with Gasteiger partial charge >= 0.3 is 5.97 Å². The van der Waals surface area contributed by atoms with Gasteiger partial charge in [-0.05, 0) is 24.1 Å². The molecule has 112 valence electrons. The standard InChI is InChI=1S/C12H18N2O5S/c1-8(15)19-7-10(13)5-9-3-4-11(18-2)12(6-9)20(14,16)17/h3-4,6,10H,5,7,13H2,1-2H3,(H2,14,16,17)/t10-/m0/s1. The van der Waals surface area contributed by atoms with Crippen molar-refractivity contribution in [3.63, 3.8) is 0 Å². The van der Waals surface area contributed by atoms with Gasteiger partial charge in [0.25, 0.3) is 0 Å². The van der Waals surface area contributed by atoms with Crippen LogP contribution < -0.4 is 15.6 Å². The van der Waals surface area contributed by atoms with Gasteiger partial charge in [-0.3, -0.25) is 4.79 Å². The Hall–Kier alpha value is -1.64. The van der Waals surface area contributed by atoms with Gasteiger partial charge < -0.3 is 15.2 Å². The van der Waals surface area contributed by atoms with Crippen molar-refractivity contribution in [2.24, 2.45) is 10.9 Å². The van der Waals surface area contributed by atoms with E-state index in [2.05, 4.69) is 0 Å². The highest BCUT2D eigenvalue weighted by molar-refractivity contribution is 7.89. The van der Waals surface area contributed by atoms with Crippen LogP contribution in [0, 0.1) is 0 Å². The molecule has 0 fully saturated rings. The first-order valence-electron chi connectivity index (χ1n) is 5.82. The number of rotatable bonds is 6. The molecule has 0 aliphatic carbocycles. The molecular formula is C12H18N2O5S. The molecule has 0 saturated heterocycles. The van der Waals surface area contributed by atoms with Crippen LogP contribution in [0.25, 0.3) is 0 Å². The van der Waals surface area contributed by atoms with Gasteiger partial charge in [-0.15, -0.1) is 0 Å². The number of ether oxygens (including phenoxy) is 2. The van der Waals surface area contributed by atoms with Gasteiger partial charge in [-0.2, -0.15) is 0 Å². The van der Waals surface area contributed by atoms with Gasteiger partial charge in [-0.25, -0.2) is 13.6 Å². The van der Waals surface area contributed by atoms with Gasteiger partial charge in [0.1, 0.15) is 17.3 Å². The molecule has 7 nitrogen and oxygen atoms in total. The van der Waals surface area contributed by atoms with E-state index in [4.69, 9.17) is 20.3 Å². The molecule has 0 aliphatic heterocycles. The van der Waals surface area contributed by atoms with Crippen LogP contribution in [0.2, 0.25) is 0 Å². The zero-order valence-electron chi connectivity index (χ0n) is 11.3. The molecule has 0 saturated carbocycles. The topological polar surface area (TPSA) is 122 Å². The summed E-state index contributed by atoms with van der Waals surface area (Å²) in [5.41, 5.74) is 6.46. The molecule has 0 bridgehead atoms. The van der Waals surface area contributed by atoms with Crippen molar-refractivity contribution in [3.8, 4) is 5.75 Å². The maximum atomic E-state index is 11.5. The van der Waals surface area contributed by atoms with E-state index in [1.807, 2.05) is 0 Å². The smallest absolute Gasteiger partial charge is 0.302 e. The number of hydrogen-bond donors (Lipinski definition) is 2. The second-order valence-electron chi connectivity index (χ2n) is 4.30. The highest BCUT2D eigenvalue weighted by Crippen LogP contribution is 2.24. The second kappa shape index (κ2) is 6.69. The quantitative estimate of drug-likeness (QED) is 0.700. The first-order chi connectivity index (χ1) is 9.24. The van der Waals surface area contributed by atoms with E-state index in [9.17, 15) is 13.2 Å². The number of benzene rings is 1. The van der Waals surface area contributed by atoms with Gasteiger partial charge in [-0.1, -0.05) is 6.07 Å². The number of hydrogen-bond acceptors (Lipinski definition) is 6. The van der Waals surface area contributed by atoms with Gasteiger partial charge in [0.15, 0.2) is 0 Å². The van der Waals surface area contributed by atoms with E-state index in [0.29, 0.717) is 12.0 Å². The number of carbonyl (C=O) groups excluding carboxylic acids is 1. The van der Waals surface area contributed by atoms with Gasteiger partial charge in [0.05, 0.1) is 7.11 Å². The number of methoxy groups -OCH3 is 1. The summed E-state index contributed by atoms with van der Waals surface area (Å²) in [6.45, 7) is 1.35. The average molecular weight is 302 g/mol. The maximum absolute atomic E-state index is 11.5. The lowest BCUT2D eigenvalue weighted by atomic mass is 10.1. The normalized spacial score (nSPS) is 12.8. The summed E-state index contributed by atoms with van der Waals surface area (Å²) >= 11 is 0. The summed E-state index contributed by atoms with van der Waals surface area (Å²) in [5, 5.41) is 5.12. The summed E-state index contributed by atoms with van der Waals surface area (Å²) in [7, 11) is -2.52. The highest BCUT2D eigenvalue weighted by atomic mass is 32.2. The van der Waals surface area contributed by atoms with Crippen LogP contribution in [0.4, 0.5) is 0 Å². The fourth-order valence-corrected chi connectivity index (χ4v) is 2.40. The van der Waals surface area contributed by atoms with Crippen LogP contribution in [0.15, 0.2) is 23.1 Å². The molecular weight excluding hydrogens is 284 g/mol. The van der Waals surface area contributed by atoms with Crippen molar-refractivity contribution in [1.82, 2.24) is 0 Å². The molecule has 0 spiro atoms. The van der Waals surface area contributed by atoms with Crippen molar-refractivity contribution in [2.75, 3.05) is 13.7 Å². The van der Waals surface area contributed by atoms with Crippen LogP contribution in [-0.2, 0) is 26.0 Å². The van der Waals surface area contributed by atoms with Crippen LogP contribution >= 0.6 is 0 Å². The van der Waals surface area contributed by atoms with E-state index in [1.165, 1.54) is 26.2 Å². The fraction of sp³-hybridized carbons (Fsp3) is 0.417. The lowest BCUT2D eigenvalue weighted by molar-refractivity contribution is -0.141.